The third-order valence-corrected chi connectivity index (χ3v) is 6.61. The number of carbonyl (C=O) groups excluding carboxylic acids is 2. The predicted molar refractivity (Wildman–Crippen MR) is 133 cm³/mol. The number of halogens is 6. The van der Waals surface area contributed by atoms with Crippen LogP contribution in [0.1, 0.15) is 60.9 Å². The van der Waals surface area contributed by atoms with Crippen LogP contribution in [0.5, 0.6) is 0 Å². The Morgan fingerprint density at radius 1 is 0.974 bits per heavy atom. The summed E-state index contributed by atoms with van der Waals surface area (Å²) in [7, 11) is 1.35. The zero-order valence-corrected chi connectivity index (χ0v) is 22.4. The van der Waals surface area contributed by atoms with E-state index < -0.39 is 59.5 Å². The largest absolute Gasteiger partial charge is 0.444 e. The van der Waals surface area contributed by atoms with Crippen LogP contribution in [0.4, 0.5) is 31.1 Å². The van der Waals surface area contributed by atoms with Gasteiger partial charge in [0.2, 0.25) is 5.91 Å². The first-order valence-corrected chi connectivity index (χ1v) is 12.4. The van der Waals surface area contributed by atoms with Crippen molar-refractivity contribution in [3.05, 3.63) is 70.3 Å². The molecule has 0 aromatic heterocycles. The summed E-state index contributed by atoms with van der Waals surface area (Å²) in [5, 5.41) is 0. The molecular formula is C28H32F6N2O3. The molecule has 214 valence electrons. The van der Waals surface area contributed by atoms with Crippen molar-refractivity contribution in [3.63, 3.8) is 0 Å². The molecule has 11 heteroatoms. The number of hydrogen-bond donors (Lipinski definition) is 0. The molecule has 0 saturated carbocycles. The first kappa shape index (κ1) is 30.3. The Morgan fingerprint density at radius 2 is 1.54 bits per heavy atom. The summed E-state index contributed by atoms with van der Waals surface area (Å²) in [6, 6.07) is 8.68. The van der Waals surface area contributed by atoms with Crippen LogP contribution in [0.2, 0.25) is 0 Å². The molecule has 0 unspecified atom stereocenters. The normalized spacial score (nSPS) is 18.6. The zero-order chi connectivity index (χ0) is 29.3. The van der Waals surface area contributed by atoms with Crippen molar-refractivity contribution in [2.75, 3.05) is 20.1 Å². The standard InChI is InChI=1S/C28H32F6N2O3/c1-17-8-6-7-9-21(17)23-16-36(25(38)39-26(2,3)4)11-10-22(23)24(37)35(5)15-18-12-19(27(29,30)31)14-20(13-18)28(32,33)34/h6-9,12-14,22-23H,10-11,15-16H2,1-5H3/t22-,23+/m1/s1. The lowest BCUT2D eigenvalue weighted by atomic mass is 9.78. The second-order valence-corrected chi connectivity index (χ2v) is 10.9. The van der Waals surface area contributed by atoms with E-state index in [1.807, 2.05) is 25.1 Å². The minimum absolute atomic E-state index is 0.0614. The predicted octanol–water partition coefficient (Wildman–Crippen LogP) is 7.03. The lowest BCUT2D eigenvalue weighted by Gasteiger charge is -2.40. The number of aryl methyl sites for hydroxylation is 1. The van der Waals surface area contributed by atoms with E-state index in [4.69, 9.17) is 4.74 Å². The molecule has 5 nitrogen and oxygen atoms in total. The van der Waals surface area contributed by atoms with Crippen LogP contribution >= 0.6 is 0 Å². The maximum atomic E-state index is 13.6. The van der Waals surface area contributed by atoms with Crippen LogP contribution < -0.4 is 0 Å². The van der Waals surface area contributed by atoms with E-state index in [0.29, 0.717) is 12.1 Å². The van der Waals surface area contributed by atoms with Gasteiger partial charge < -0.3 is 14.5 Å². The summed E-state index contributed by atoms with van der Waals surface area (Å²) >= 11 is 0. The van der Waals surface area contributed by atoms with Crippen LogP contribution in [0, 0.1) is 12.8 Å². The van der Waals surface area contributed by atoms with E-state index in [-0.39, 0.29) is 31.1 Å². The van der Waals surface area contributed by atoms with Crippen molar-refractivity contribution in [1.29, 1.82) is 0 Å². The van der Waals surface area contributed by atoms with E-state index in [0.717, 1.165) is 16.0 Å². The Bertz CT molecular complexity index is 1170. The van der Waals surface area contributed by atoms with Crippen molar-refractivity contribution in [2.45, 2.75) is 64.5 Å². The minimum atomic E-state index is -4.98. The fourth-order valence-electron chi connectivity index (χ4n) is 4.80. The summed E-state index contributed by atoms with van der Waals surface area (Å²) in [5.74, 6) is -1.53. The number of hydrogen-bond acceptors (Lipinski definition) is 3. The second-order valence-electron chi connectivity index (χ2n) is 10.9. The molecule has 39 heavy (non-hydrogen) atoms. The Morgan fingerprint density at radius 3 is 2.05 bits per heavy atom. The van der Waals surface area contributed by atoms with Crippen LogP contribution in [0.25, 0.3) is 0 Å². The maximum absolute atomic E-state index is 13.6. The van der Waals surface area contributed by atoms with E-state index in [1.165, 1.54) is 11.9 Å². The highest BCUT2D eigenvalue weighted by atomic mass is 19.4. The quantitative estimate of drug-likeness (QED) is 0.379. The molecule has 2 aromatic rings. The van der Waals surface area contributed by atoms with Crippen molar-refractivity contribution in [2.24, 2.45) is 5.92 Å². The van der Waals surface area contributed by atoms with Crippen molar-refractivity contribution in [3.8, 4) is 0 Å². The molecule has 2 aromatic carbocycles. The fourth-order valence-corrected chi connectivity index (χ4v) is 4.80. The van der Waals surface area contributed by atoms with Gasteiger partial charge in [0.1, 0.15) is 5.60 Å². The summed E-state index contributed by atoms with van der Waals surface area (Å²) < 4.78 is 85.4. The van der Waals surface area contributed by atoms with Crippen molar-refractivity contribution < 1.29 is 40.7 Å². The molecule has 1 fully saturated rings. The highest BCUT2D eigenvalue weighted by Gasteiger charge is 2.40. The summed E-state index contributed by atoms with van der Waals surface area (Å²) in [5.41, 5.74) is -2.15. The first-order chi connectivity index (χ1) is 17.9. The number of benzene rings is 2. The van der Waals surface area contributed by atoms with Gasteiger partial charge in [0.05, 0.1) is 11.1 Å². The lowest BCUT2D eigenvalue weighted by molar-refractivity contribution is -0.143. The van der Waals surface area contributed by atoms with Gasteiger partial charge >= 0.3 is 18.4 Å². The molecule has 0 radical (unpaired) electrons. The van der Waals surface area contributed by atoms with Crippen molar-refractivity contribution in [1.82, 2.24) is 9.80 Å². The Balaban J connectivity index is 1.90. The van der Waals surface area contributed by atoms with E-state index in [1.54, 1.807) is 26.8 Å². The summed E-state index contributed by atoms with van der Waals surface area (Å²) in [4.78, 5) is 29.1. The van der Waals surface area contributed by atoms with Gasteiger partial charge in [-0.15, -0.1) is 0 Å². The van der Waals surface area contributed by atoms with Gasteiger partial charge in [-0.1, -0.05) is 24.3 Å². The third-order valence-electron chi connectivity index (χ3n) is 6.61. The van der Waals surface area contributed by atoms with Gasteiger partial charge in [0.15, 0.2) is 0 Å². The number of alkyl halides is 6. The van der Waals surface area contributed by atoms with E-state index in [2.05, 4.69) is 0 Å². The summed E-state index contributed by atoms with van der Waals surface area (Å²) in [6.45, 7) is 7.04. The molecule has 1 saturated heterocycles. The first-order valence-electron chi connectivity index (χ1n) is 12.4. The number of rotatable bonds is 4. The molecular weight excluding hydrogens is 526 g/mol. The Hall–Kier alpha value is -3.24. The fraction of sp³-hybridized carbons (Fsp3) is 0.500. The van der Waals surface area contributed by atoms with Gasteiger partial charge in [-0.05, 0) is 69.0 Å². The van der Waals surface area contributed by atoms with Crippen LogP contribution in [-0.4, -0.2) is 47.5 Å². The molecule has 3 rings (SSSR count). The molecule has 1 heterocycles. The SMILES string of the molecule is Cc1ccccc1[C@@H]1CN(C(=O)OC(C)(C)C)CC[C@H]1C(=O)N(C)Cc1cc(C(F)(F)F)cc(C(F)(F)F)c1. The Labute approximate surface area is 223 Å². The molecule has 2 atom stereocenters. The second kappa shape index (κ2) is 11.1. The average molecular weight is 559 g/mol. The van der Waals surface area contributed by atoms with Gasteiger partial charge in [0, 0.05) is 38.5 Å². The molecule has 0 aliphatic carbocycles. The minimum Gasteiger partial charge on any atom is -0.444 e. The molecule has 0 N–H and O–H groups in total. The number of amides is 2. The highest BCUT2D eigenvalue weighted by molar-refractivity contribution is 5.80. The van der Waals surface area contributed by atoms with Gasteiger partial charge in [-0.3, -0.25) is 4.79 Å². The average Bonchev–Trinajstić information content (AvgIpc) is 2.81. The number of likely N-dealkylation sites (tertiary alicyclic amines) is 1. The molecule has 1 aliphatic rings. The number of ether oxygens (including phenoxy) is 1. The number of nitrogens with zero attached hydrogens (tertiary/aromatic N) is 2. The lowest BCUT2D eigenvalue weighted by Crippen LogP contribution is -2.49. The molecule has 0 bridgehead atoms. The van der Waals surface area contributed by atoms with Gasteiger partial charge in [0.25, 0.3) is 0 Å². The highest BCUT2D eigenvalue weighted by Crippen LogP contribution is 2.38. The topological polar surface area (TPSA) is 49.9 Å². The van der Waals surface area contributed by atoms with Crippen LogP contribution in [-0.2, 0) is 28.4 Å². The maximum Gasteiger partial charge on any atom is 0.416 e. The number of carbonyl (C=O) groups is 2. The van der Waals surface area contributed by atoms with Crippen LogP contribution in [0.3, 0.4) is 0 Å². The van der Waals surface area contributed by atoms with Gasteiger partial charge in [-0.2, -0.15) is 26.3 Å². The number of piperidine rings is 1. The monoisotopic (exact) mass is 558 g/mol. The molecule has 0 spiro atoms. The Kier molecular flexibility index (Phi) is 8.62. The molecule has 2 amide bonds. The molecule has 1 aliphatic heterocycles. The smallest absolute Gasteiger partial charge is 0.416 e. The van der Waals surface area contributed by atoms with Crippen molar-refractivity contribution >= 4 is 12.0 Å². The third kappa shape index (κ3) is 7.67. The van der Waals surface area contributed by atoms with Crippen LogP contribution in [0.15, 0.2) is 42.5 Å². The van der Waals surface area contributed by atoms with Gasteiger partial charge in [-0.25, -0.2) is 4.79 Å². The van der Waals surface area contributed by atoms with E-state index in [9.17, 15) is 35.9 Å². The summed E-state index contributed by atoms with van der Waals surface area (Å²) in [6.07, 6.45) is -10.2. The zero-order valence-electron chi connectivity index (χ0n) is 22.4. The van der Waals surface area contributed by atoms with E-state index >= 15 is 0 Å².